The van der Waals surface area contributed by atoms with E-state index in [0.29, 0.717) is 24.9 Å². The number of hydrogen-bond donors (Lipinski definition) is 0. The topological polar surface area (TPSA) is 102 Å². The molecular weight excluding hydrogens is 368 g/mol. The number of aromatic nitrogens is 6. The summed E-state index contributed by atoms with van der Waals surface area (Å²) in [6.07, 6.45) is 3.07. The van der Waals surface area contributed by atoms with E-state index < -0.39 is 10.0 Å². The predicted octanol–water partition coefficient (Wildman–Crippen LogP) is -0.0769. The number of hydrogen-bond acceptors (Lipinski definition) is 7. The molecule has 2 atom stereocenters. The summed E-state index contributed by atoms with van der Waals surface area (Å²) in [4.78, 5) is 6.24. The summed E-state index contributed by atoms with van der Waals surface area (Å²) < 4.78 is 30.5. The molecule has 27 heavy (non-hydrogen) atoms. The zero-order valence-corrected chi connectivity index (χ0v) is 15.9. The zero-order valence-electron chi connectivity index (χ0n) is 15.1. The van der Waals surface area contributed by atoms with Gasteiger partial charge >= 0.3 is 0 Å². The fourth-order valence-corrected chi connectivity index (χ4v) is 5.56. The van der Waals surface area contributed by atoms with Crippen LogP contribution in [0.2, 0.25) is 0 Å². The highest BCUT2D eigenvalue weighted by Crippen LogP contribution is 2.35. The Balaban J connectivity index is 1.33. The van der Waals surface area contributed by atoms with E-state index in [-0.39, 0.29) is 5.03 Å². The first-order chi connectivity index (χ1) is 12.9. The van der Waals surface area contributed by atoms with E-state index in [2.05, 4.69) is 25.2 Å². The summed E-state index contributed by atoms with van der Waals surface area (Å²) in [5.74, 6) is 2.21. The minimum atomic E-state index is -3.52. The van der Waals surface area contributed by atoms with Crippen LogP contribution < -0.4 is 4.90 Å². The molecule has 2 unspecified atom stereocenters. The Morgan fingerprint density at radius 1 is 1.07 bits per heavy atom. The van der Waals surface area contributed by atoms with Gasteiger partial charge in [0.1, 0.15) is 5.82 Å². The molecule has 0 N–H and O–H groups in total. The molecule has 3 aromatic rings. The highest BCUT2D eigenvalue weighted by molar-refractivity contribution is 7.89. The van der Waals surface area contributed by atoms with Gasteiger partial charge in [0, 0.05) is 39.4 Å². The number of fused-ring (bicyclic) bond motifs is 2. The third-order valence-electron chi connectivity index (χ3n) is 5.47. The zero-order chi connectivity index (χ0) is 18.8. The maximum absolute atomic E-state index is 12.8. The molecule has 5 heterocycles. The van der Waals surface area contributed by atoms with Crippen molar-refractivity contribution in [1.29, 1.82) is 0 Å². The summed E-state index contributed by atoms with van der Waals surface area (Å²) in [5.41, 5.74) is 0.725. The van der Waals surface area contributed by atoms with Crippen molar-refractivity contribution in [3.63, 3.8) is 0 Å². The number of sulfonamides is 1. The highest BCUT2D eigenvalue weighted by Gasteiger charge is 2.45. The van der Waals surface area contributed by atoms with E-state index in [1.807, 2.05) is 19.1 Å². The first-order valence-corrected chi connectivity index (χ1v) is 10.3. The van der Waals surface area contributed by atoms with Crippen molar-refractivity contribution in [2.24, 2.45) is 18.9 Å². The SMILES string of the molecule is Cc1nnc2ccc(N3CC4CN(S(=O)(=O)c5cn(C)cn5)CC4C3)nn12. The Bertz CT molecular complexity index is 1110. The molecule has 2 fully saturated rings. The van der Waals surface area contributed by atoms with Crippen molar-refractivity contribution in [1.82, 2.24) is 33.7 Å². The van der Waals surface area contributed by atoms with Gasteiger partial charge in [-0.2, -0.15) is 8.82 Å². The van der Waals surface area contributed by atoms with E-state index in [1.165, 1.54) is 6.33 Å². The molecule has 11 heteroatoms. The van der Waals surface area contributed by atoms with Gasteiger partial charge in [0.25, 0.3) is 10.0 Å². The Morgan fingerprint density at radius 2 is 1.81 bits per heavy atom. The van der Waals surface area contributed by atoms with Crippen LogP contribution in [-0.2, 0) is 17.1 Å². The van der Waals surface area contributed by atoms with Gasteiger partial charge in [0.2, 0.25) is 0 Å². The van der Waals surface area contributed by atoms with Gasteiger partial charge in [-0.3, -0.25) is 0 Å². The van der Waals surface area contributed by atoms with Crippen LogP contribution in [0.25, 0.3) is 5.65 Å². The average Bonchev–Trinajstić information content (AvgIpc) is 3.38. The molecule has 0 aliphatic carbocycles. The number of imidazole rings is 1. The molecule has 5 rings (SSSR count). The van der Waals surface area contributed by atoms with Gasteiger partial charge < -0.3 is 9.47 Å². The van der Waals surface area contributed by atoms with Crippen molar-refractivity contribution < 1.29 is 8.42 Å². The van der Waals surface area contributed by atoms with Crippen molar-refractivity contribution in [2.75, 3.05) is 31.1 Å². The van der Waals surface area contributed by atoms with Crippen LogP contribution in [0.3, 0.4) is 0 Å². The molecule has 0 saturated carbocycles. The van der Waals surface area contributed by atoms with Crippen LogP contribution in [0.15, 0.2) is 29.7 Å². The number of aryl methyl sites for hydroxylation is 2. The van der Waals surface area contributed by atoms with Gasteiger partial charge in [-0.15, -0.1) is 15.3 Å². The van der Waals surface area contributed by atoms with Gasteiger partial charge in [-0.05, 0) is 30.9 Å². The minimum Gasteiger partial charge on any atom is -0.355 e. The van der Waals surface area contributed by atoms with Crippen molar-refractivity contribution in [2.45, 2.75) is 11.9 Å². The van der Waals surface area contributed by atoms with Crippen LogP contribution in [0.5, 0.6) is 0 Å². The summed E-state index contributed by atoms with van der Waals surface area (Å²) in [6.45, 7) is 4.50. The lowest BCUT2D eigenvalue weighted by molar-refractivity contribution is 0.450. The quantitative estimate of drug-likeness (QED) is 0.619. The molecule has 2 saturated heterocycles. The van der Waals surface area contributed by atoms with Crippen LogP contribution in [0.1, 0.15) is 5.82 Å². The molecule has 3 aromatic heterocycles. The van der Waals surface area contributed by atoms with Gasteiger partial charge in [-0.1, -0.05) is 0 Å². The summed E-state index contributed by atoms with van der Waals surface area (Å²) in [7, 11) is -1.75. The predicted molar refractivity (Wildman–Crippen MR) is 96.7 cm³/mol. The van der Waals surface area contributed by atoms with Gasteiger partial charge in [-0.25, -0.2) is 13.4 Å². The minimum absolute atomic E-state index is 0.122. The first-order valence-electron chi connectivity index (χ1n) is 8.84. The fraction of sp³-hybridized carbons (Fsp3) is 0.500. The lowest BCUT2D eigenvalue weighted by Crippen LogP contribution is -2.33. The molecule has 0 bridgehead atoms. The molecular formula is C16H20N8O2S. The van der Waals surface area contributed by atoms with E-state index in [1.54, 1.807) is 26.6 Å². The summed E-state index contributed by atoms with van der Waals surface area (Å²) >= 11 is 0. The second-order valence-corrected chi connectivity index (χ2v) is 9.22. The van der Waals surface area contributed by atoms with Crippen molar-refractivity contribution in [3.8, 4) is 0 Å². The maximum Gasteiger partial charge on any atom is 0.262 e. The Hall–Kier alpha value is -2.53. The van der Waals surface area contributed by atoms with Crippen molar-refractivity contribution >= 4 is 21.5 Å². The summed E-state index contributed by atoms with van der Waals surface area (Å²) in [5, 5.41) is 12.9. The molecule has 0 aromatic carbocycles. The monoisotopic (exact) mass is 388 g/mol. The smallest absolute Gasteiger partial charge is 0.262 e. The maximum atomic E-state index is 12.8. The Kier molecular flexibility index (Phi) is 3.53. The second-order valence-electron chi connectivity index (χ2n) is 7.33. The molecule has 0 radical (unpaired) electrons. The third kappa shape index (κ3) is 2.60. The first kappa shape index (κ1) is 16.6. The van der Waals surface area contributed by atoms with Crippen LogP contribution in [-0.4, -0.2) is 68.3 Å². The Labute approximate surface area is 156 Å². The van der Waals surface area contributed by atoms with Crippen LogP contribution in [0.4, 0.5) is 5.82 Å². The average molecular weight is 388 g/mol. The van der Waals surface area contributed by atoms with Gasteiger partial charge in [0.05, 0.1) is 6.33 Å². The lowest BCUT2D eigenvalue weighted by Gasteiger charge is -2.21. The molecule has 142 valence electrons. The van der Waals surface area contributed by atoms with Crippen molar-refractivity contribution in [3.05, 3.63) is 30.5 Å². The number of anilines is 1. The highest BCUT2D eigenvalue weighted by atomic mass is 32.2. The standard InChI is InChI=1S/C16H20N8O2S/c1-11-18-19-14-3-4-15(20-24(11)14)22-5-12-7-23(8-13(12)6-22)27(25,26)16-9-21(2)10-17-16/h3-4,9-10,12-13H,5-8H2,1-2H3. The largest absolute Gasteiger partial charge is 0.355 e. The fourth-order valence-electron chi connectivity index (χ4n) is 4.04. The van der Waals surface area contributed by atoms with Gasteiger partial charge in [0.15, 0.2) is 16.5 Å². The van der Waals surface area contributed by atoms with E-state index in [4.69, 9.17) is 0 Å². The number of rotatable bonds is 3. The lowest BCUT2D eigenvalue weighted by atomic mass is 10.0. The molecule has 0 spiro atoms. The van der Waals surface area contributed by atoms with Crippen LogP contribution in [0, 0.1) is 18.8 Å². The Morgan fingerprint density at radius 3 is 2.48 bits per heavy atom. The van der Waals surface area contributed by atoms with Crippen LogP contribution >= 0.6 is 0 Å². The van der Waals surface area contributed by atoms with E-state index >= 15 is 0 Å². The molecule has 10 nitrogen and oxygen atoms in total. The third-order valence-corrected chi connectivity index (χ3v) is 7.18. The normalized spacial score (nSPS) is 23.4. The number of nitrogens with zero attached hydrogens (tertiary/aromatic N) is 8. The second kappa shape index (κ2) is 5.73. The molecule has 2 aliphatic rings. The van der Waals surface area contributed by atoms with E-state index in [0.717, 1.165) is 30.4 Å². The molecule has 0 amide bonds. The van der Waals surface area contributed by atoms with E-state index in [9.17, 15) is 8.42 Å². The summed E-state index contributed by atoms with van der Waals surface area (Å²) in [6, 6.07) is 3.86. The molecule has 2 aliphatic heterocycles.